The number of aromatic amines is 1. The molecule has 0 unspecified atom stereocenters. The lowest BCUT2D eigenvalue weighted by Crippen LogP contribution is -2.03. The van der Waals surface area contributed by atoms with E-state index in [0.717, 1.165) is 21.5 Å². The number of halogens is 1. The van der Waals surface area contributed by atoms with Gasteiger partial charge in [-0.1, -0.05) is 11.6 Å². The van der Waals surface area contributed by atoms with Gasteiger partial charge in [-0.2, -0.15) is 0 Å². The molecule has 0 aliphatic heterocycles. The molecule has 0 aliphatic rings. The van der Waals surface area contributed by atoms with Crippen molar-refractivity contribution in [3.63, 3.8) is 0 Å². The van der Waals surface area contributed by atoms with Crippen LogP contribution in [-0.2, 0) is 6.42 Å². The number of aliphatic hydroxyl groups excluding tert-OH is 1. The number of H-pyrrole nitrogens is 1. The van der Waals surface area contributed by atoms with E-state index in [0.29, 0.717) is 6.42 Å². The molecule has 2 nitrogen and oxygen atoms in total. The van der Waals surface area contributed by atoms with Crippen molar-refractivity contribution >= 4 is 22.5 Å². The molecule has 0 saturated heterocycles. The number of nitrogens with one attached hydrogen (secondary N) is 1. The van der Waals surface area contributed by atoms with Gasteiger partial charge >= 0.3 is 0 Å². The first kappa shape index (κ1) is 9.56. The highest BCUT2D eigenvalue weighted by molar-refractivity contribution is 6.31. The van der Waals surface area contributed by atoms with Crippen LogP contribution in [0.15, 0.2) is 24.4 Å². The van der Waals surface area contributed by atoms with Crippen molar-refractivity contribution in [2.45, 2.75) is 19.4 Å². The number of aliphatic hydroxyl groups is 1. The van der Waals surface area contributed by atoms with E-state index in [1.165, 1.54) is 0 Å². The minimum atomic E-state index is -0.326. The fourth-order valence-corrected chi connectivity index (χ4v) is 1.81. The molecular formula is C11H12ClNO. The van der Waals surface area contributed by atoms with Crippen LogP contribution in [0.3, 0.4) is 0 Å². The van der Waals surface area contributed by atoms with Crippen LogP contribution in [0, 0.1) is 0 Å². The van der Waals surface area contributed by atoms with Crippen molar-refractivity contribution in [3.05, 3.63) is 35.0 Å². The van der Waals surface area contributed by atoms with Crippen molar-refractivity contribution in [1.29, 1.82) is 0 Å². The zero-order chi connectivity index (χ0) is 10.1. The Bertz CT molecular complexity index is 447. The first-order valence-corrected chi connectivity index (χ1v) is 4.98. The van der Waals surface area contributed by atoms with Crippen molar-refractivity contribution < 1.29 is 5.11 Å². The highest BCUT2D eigenvalue weighted by atomic mass is 35.5. The number of aromatic nitrogens is 1. The summed E-state index contributed by atoms with van der Waals surface area (Å²) in [4.78, 5) is 3.15. The van der Waals surface area contributed by atoms with Gasteiger partial charge in [0.1, 0.15) is 0 Å². The third-order valence-corrected chi connectivity index (χ3v) is 2.48. The Balaban J connectivity index is 2.50. The topological polar surface area (TPSA) is 36.0 Å². The first-order chi connectivity index (χ1) is 6.66. The number of benzene rings is 1. The molecule has 2 aromatic rings. The van der Waals surface area contributed by atoms with Crippen molar-refractivity contribution in [2.75, 3.05) is 0 Å². The summed E-state index contributed by atoms with van der Waals surface area (Å²) in [5.41, 5.74) is 2.17. The zero-order valence-electron chi connectivity index (χ0n) is 7.92. The molecule has 0 saturated carbocycles. The summed E-state index contributed by atoms with van der Waals surface area (Å²) in [5.74, 6) is 0. The van der Waals surface area contributed by atoms with Gasteiger partial charge in [0.2, 0.25) is 0 Å². The molecule has 2 rings (SSSR count). The number of rotatable bonds is 2. The Morgan fingerprint density at radius 2 is 2.29 bits per heavy atom. The van der Waals surface area contributed by atoms with E-state index >= 15 is 0 Å². The third-order valence-electron chi connectivity index (χ3n) is 2.24. The van der Waals surface area contributed by atoms with Crippen LogP contribution in [0.1, 0.15) is 12.5 Å². The summed E-state index contributed by atoms with van der Waals surface area (Å²) in [6.07, 6.45) is 2.25. The van der Waals surface area contributed by atoms with Gasteiger partial charge in [0.15, 0.2) is 0 Å². The normalized spacial score (nSPS) is 13.4. The van der Waals surface area contributed by atoms with Crippen LogP contribution in [-0.4, -0.2) is 16.2 Å². The molecule has 0 fully saturated rings. The lowest BCUT2D eigenvalue weighted by atomic mass is 10.1. The molecule has 1 atom stereocenters. The van der Waals surface area contributed by atoms with Crippen LogP contribution < -0.4 is 0 Å². The predicted molar refractivity (Wildman–Crippen MR) is 58.7 cm³/mol. The minimum absolute atomic E-state index is 0.326. The molecule has 1 aromatic carbocycles. The SMILES string of the molecule is C[C@@H](O)Cc1c[nH]c2ccc(Cl)cc12. The molecule has 1 heterocycles. The van der Waals surface area contributed by atoms with E-state index in [4.69, 9.17) is 11.6 Å². The number of fused-ring (bicyclic) bond motifs is 1. The van der Waals surface area contributed by atoms with E-state index in [9.17, 15) is 5.11 Å². The molecule has 74 valence electrons. The van der Waals surface area contributed by atoms with Gasteiger partial charge in [-0.15, -0.1) is 0 Å². The van der Waals surface area contributed by atoms with Gasteiger partial charge in [0, 0.05) is 28.5 Å². The maximum atomic E-state index is 9.31. The van der Waals surface area contributed by atoms with E-state index in [-0.39, 0.29) is 6.10 Å². The molecule has 0 spiro atoms. The largest absolute Gasteiger partial charge is 0.393 e. The maximum absolute atomic E-state index is 9.31. The first-order valence-electron chi connectivity index (χ1n) is 4.60. The number of hydrogen-bond donors (Lipinski definition) is 2. The van der Waals surface area contributed by atoms with Crippen LogP contribution in [0.4, 0.5) is 0 Å². The van der Waals surface area contributed by atoms with Gasteiger partial charge in [0.25, 0.3) is 0 Å². The minimum Gasteiger partial charge on any atom is -0.393 e. The quantitative estimate of drug-likeness (QED) is 0.784. The lowest BCUT2D eigenvalue weighted by Gasteiger charge is -2.02. The highest BCUT2D eigenvalue weighted by Gasteiger charge is 2.06. The fraction of sp³-hybridized carbons (Fsp3) is 0.273. The molecule has 0 amide bonds. The molecule has 1 aromatic heterocycles. The molecule has 14 heavy (non-hydrogen) atoms. The molecule has 2 N–H and O–H groups in total. The zero-order valence-corrected chi connectivity index (χ0v) is 8.67. The smallest absolute Gasteiger partial charge is 0.0553 e. The lowest BCUT2D eigenvalue weighted by molar-refractivity contribution is 0.196. The second kappa shape index (κ2) is 3.64. The van der Waals surface area contributed by atoms with Gasteiger partial charge in [0.05, 0.1) is 6.10 Å². The summed E-state index contributed by atoms with van der Waals surface area (Å²) in [6, 6.07) is 5.72. The Labute approximate surface area is 87.5 Å². The van der Waals surface area contributed by atoms with Gasteiger partial charge in [-0.05, 0) is 30.7 Å². The Morgan fingerprint density at radius 3 is 3.00 bits per heavy atom. The van der Waals surface area contributed by atoms with E-state index in [1.807, 2.05) is 24.4 Å². The van der Waals surface area contributed by atoms with Crippen LogP contribution in [0.5, 0.6) is 0 Å². The average Bonchev–Trinajstić information content (AvgIpc) is 2.47. The molecular weight excluding hydrogens is 198 g/mol. The summed E-state index contributed by atoms with van der Waals surface area (Å²) >= 11 is 5.91. The standard InChI is InChI=1S/C11H12ClNO/c1-7(14)4-8-6-13-11-3-2-9(12)5-10(8)11/h2-3,5-7,13-14H,4H2,1H3/t7-/m1/s1. The Kier molecular flexibility index (Phi) is 2.48. The second-order valence-corrected chi connectivity index (χ2v) is 3.99. The van der Waals surface area contributed by atoms with E-state index < -0.39 is 0 Å². The number of hydrogen-bond acceptors (Lipinski definition) is 1. The van der Waals surface area contributed by atoms with Crippen molar-refractivity contribution in [3.8, 4) is 0 Å². The van der Waals surface area contributed by atoms with Gasteiger partial charge in [-0.3, -0.25) is 0 Å². The van der Waals surface area contributed by atoms with E-state index in [2.05, 4.69) is 4.98 Å². The monoisotopic (exact) mass is 209 g/mol. The van der Waals surface area contributed by atoms with E-state index in [1.54, 1.807) is 6.92 Å². The van der Waals surface area contributed by atoms with Gasteiger partial charge < -0.3 is 10.1 Å². The van der Waals surface area contributed by atoms with Crippen molar-refractivity contribution in [1.82, 2.24) is 4.98 Å². The molecule has 0 aliphatic carbocycles. The summed E-state index contributed by atoms with van der Waals surface area (Å²) in [5, 5.41) is 11.1. The summed E-state index contributed by atoms with van der Waals surface area (Å²) < 4.78 is 0. The van der Waals surface area contributed by atoms with Crippen LogP contribution in [0.25, 0.3) is 10.9 Å². The van der Waals surface area contributed by atoms with Gasteiger partial charge in [-0.25, -0.2) is 0 Å². The molecule has 0 bridgehead atoms. The molecule has 3 heteroatoms. The third kappa shape index (κ3) is 1.76. The second-order valence-electron chi connectivity index (χ2n) is 3.56. The Hall–Kier alpha value is -0.990. The highest BCUT2D eigenvalue weighted by Crippen LogP contribution is 2.23. The summed E-state index contributed by atoms with van der Waals surface area (Å²) in [6.45, 7) is 1.78. The fourth-order valence-electron chi connectivity index (χ4n) is 1.64. The average molecular weight is 210 g/mol. The van der Waals surface area contributed by atoms with Crippen LogP contribution in [0.2, 0.25) is 5.02 Å². The van der Waals surface area contributed by atoms with Crippen molar-refractivity contribution in [2.24, 2.45) is 0 Å². The van der Waals surface area contributed by atoms with Crippen LogP contribution >= 0.6 is 11.6 Å². The molecule has 0 radical (unpaired) electrons. The Morgan fingerprint density at radius 1 is 1.50 bits per heavy atom. The maximum Gasteiger partial charge on any atom is 0.0553 e. The predicted octanol–water partition coefficient (Wildman–Crippen LogP) is 2.74. The summed E-state index contributed by atoms with van der Waals surface area (Å²) in [7, 11) is 0.